The minimum Gasteiger partial charge on any atom is -0.455 e. The first kappa shape index (κ1) is 12.0. The molecule has 0 heterocycles. The van der Waals surface area contributed by atoms with Crippen LogP contribution in [0.4, 0.5) is 10.1 Å². The highest BCUT2D eigenvalue weighted by molar-refractivity contribution is 6.42. The zero-order chi connectivity index (χ0) is 12.4. The molecule has 0 spiro atoms. The van der Waals surface area contributed by atoms with Crippen LogP contribution in [-0.2, 0) is 0 Å². The van der Waals surface area contributed by atoms with Crippen LogP contribution < -0.4 is 10.5 Å². The largest absolute Gasteiger partial charge is 0.455 e. The zero-order valence-electron chi connectivity index (χ0n) is 8.58. The number of anilines is 1. The van der Waals surface area contributed by atoms with Gasteiger partial charge in [0.1, 0.15) is 11.6 Å². The average molecular weight is 272 g/mol. The molecule has 0 amide bonds. The smallest absolute Gasteiger partial charge is 0.151 e. The van der Waals surface area contributed by atoms with Crippen molar-refractivity contribution in [2.45, 2.75) is 0 Å². The molecule has 2 aromatic carbocycles. The van der Waals surface area contributed by atoms with E-state index in [2.05, 4.69) is 0 Å². The Morgan fingerprint density at radius 1 is 1.00 bits per heavy atom. The maximum atomic E-state index is 12.7. The predicted molar refractivity (Wildman–Crippen MR) is 67.3 cm³/mol. The third kappa shape index (κ3) is 2.81. The van der Waals surface area contributed by atoms with E-state index in [1.165, 1.54) is 36.4 Å². The van der Waals surface area contributed by atoms with E-state index in [1.54, 1.807) is 0 Å². The number of halogens is 3. The SMILES string of the molecule is Nc1cc(Cl)c(Cl)cc1Oc1ccc(F)cc1. The van der Waals surface area contributed by atoms with Crippen LogP contribution in [0.1, 0.15) is 0 Å². The Labute approximate surface area is 108 Å². The number of benzene rings is 2. The highest BCUT2D eigenvalue weighted by atomic mass is 35.5. The molecular weight excluding hydrogens is 264 g/mol. The summed E-state index contributed by atoms with van der Waals surface area (Å²) in [6.45, 7) is 0. The van der Waals surface area contributed by atoms with Crippen LogP contribution >= 0.6 is 23.2 Å². The van der Waals surface area contributed by atoms with Gasteiger partial charge >= 0.3 is 0 Å². The number of nitrogen functional groups attached to an aromatic ring is 1. The number of rotatable bonds is 2. The van der Waals surface area contributed by atoms with E-state index in [1.807, 2.05) is 0 Å². The van der Waals surface area contributed by atoms with Crippen molar-refractivity contribution >= 4 is 28.9 Å². The van der Waals surface area contributed by atoms with E-state index in [-0.39, 0.29) is 5.82 Å². The lowest BCUT2D eigenvalue weighted by Gasteiger charge is -2.09. The van der Waals surface area contributed by atoms with Crippen molar-refractivity contribution in [3.63, 3.8) is 0 Å². The van der Waals surface area contributed by atoms with Crippen molar-refractivity contribution in [3.8, 4) is 11.5 Å². The molecule has 0 radical (unpaired) electrons. The van der Waals surface area contributed by atoms with Crippen LogP contribution in [0.5, 0.6) is 11.5 Å². The Hall–Kier alpha value is -1.45. The molecule has 0 aliphatic heterocycles. The van der Waals surface area contributed by atoms with E-state index in [9.17, 15) is 4.39 Å². The van der Waals surface area contributed by atoms with Crippen LogP contribution in [0.3, 0.4) is 0 Å². The summed E-state index contributed by atoms with van der Waals surface area (Å²) in [5, 5.41) is 0.702. The predicted octanol–water partition coefficient (Wildman–Crippen LogP) is 4.51. The van der Waals surface area contributed by atoms with Gasteiger partial charge in [0, 0.05) is 6.07 Å². The van der Waals surface area contributed by atoms with Gasteiger partial charge in [0.2, 0.25) is 0 Å². The van der Waals surface area contributed by atoms with Gasteiger partial charge in [0.05, 0.1) is 15.7 Å². The molecule has 2 nitrogen and oxygen atoms in total. The average Bonchev–Trinajstić information content (AvgIpc) is 2.29. The van der Waals surface area contributed by atoms with Gasteiger partial charge in [-0.2, -0.15) is 0 Å². The van der Waals surface area contributed by atoms with E-state index < -0.39 is 0 Å². The van der Waals surface area contributed by atoms with Gasteiger partial charge in [-0.25, -0.2) is 4.39 Å². The minimum atomic E-state index is -0.334. The second kappa shape index (κ2) is 4.82. The molecule has 0 aliphatic carbocycles. The molecule has 0 atom stereocenters. The molecule has 0 aliphatic rings. The van der Waals surface area contributed by atoms with Crippen molar-refractivity contribution in [1.82, 2.24) is 0 Å². The van der Waals surface area contributed by atoms with Crippen LogP contribution in [-0.4, -0.2) is 0 Å². The van der Waals surface area contributed by atoms with Crippen LogP contribution in [0.2, 0.25) is 10.0 Å². The fraction of sp³-hybridized carbons (Fsp3) is 0. The molecule has 2 rings (SSSR count). The Morgan fingerprint density at radius 3 is 2.24 bits per heavy atom. The van der Waals surface area contributed by atoms with Gasteiger partial charge in [-0.05, 0) is 30.3 Å². The molecule has 17 heavy (non-hydrogen) atoms. The standard InChI is InChI=1S/C12H8Cl2FNO/c13-9-5-11(16)12(6-10(9)14)17-8-3-1-7(15)2-4-8/h1-6H,16H2. The summed E-state index contributed by atoms with van der Waals surface area (Å²) in [5.41, 5.74) is 6.09. The molecule has 0 saturated carbocycles. The maximum Gasteiger partial charge on any atom is 0.151 e. The molecular formula is C12H8Cl2FNO. The molecule has 0 saturated heterocycles. The third-order valence-corrected chi connectivity index (χ3v) is 2.82. The molecule has 88 valence electrons. The summed E-state index contributed by atoms with van der Waals surface area (Å²) in [4.78, 5) is 0. The van der Waals surface area contributed by atoms with Gasteiger partial charge in [-0.3, -0.25) is 0 Å². The number of hydrogen-bond acceptors (Lipinski definition) is 2. The van der Waals surface area contributed by atoms with Crippen molar-refractivity contribution in [2.75, 3.05) is 5.73 Å². The van der Waals surface area contributed by atoms with Crippen molar-refractivity contribution in [1.29, 1.82) is 0 Å². The molecule has 2 aromatic rings. The quantitative estimate of drug-likeness (QED) is 0.816. The van der Waals surface area contributed by atoms with E-state index in [0.29, 0.717) is 27.2 Å². The first-order chi connectivity index (χ1) is 8.06. The summed E-state index contributed by atoms with van der Waals surface area (Å²) in [7, 11) is 0. The minimum absolute atomic E-state index is 0.334. The maximum absolute atomic E-state index is 12.7. The van der Waals surface area contributed by atoms with E-state index in [4.69, 9.17) is 33.7 Å². The van der Waals surface area contributed by atoms with Crippen LogP contribution in [0, 0.1) is 5.82 Å². The van der Waals surface area contributed by atoms with Gasteiger partial charge in [0.25, 0.3) is 0 Å². The Morgan fingerprint density at radius 2 is 1.59 bits per heavy atom. The lowest BCUT2D eigenvalue weighted by molar-refractivity contribution is 0.483. The topological polar surface area (TPSA) is 35.2 Å². The molecule has 5 heteroatoms. The first-order valence-corrected chi connectivity index (χ1v) is 5.50. The molecule has 2 N–H and O–H groups in total. The zero-order valence-corrected chi connectivity index (χ0v) is 10.1. The number of nitrogens with two attached hydrogens (primary N) is 1. The lowest BCUT2D eigenvalue weighted by Crippen LogP contribution is -1.92. The Bertz CT molecular complexity index is 543. The van der Waals surface area contributed by atoms with E-state index >= 15 is 0 Å². The van der Waals surface area contributed by atoms with Gasteiger partial charge in [-0.1, -0.05) is 23.2 Å². The monoisotopic (exact) mass is 271 g/mol. The second-order valence-electron chi connectivity index (χ2n) is 3.36. The number of ether oxygens (including phenoxy) is 1. The fourth-order valence-electron chi connectivity index (χ4n) is 1.26. The highest BCUT2D eigenvalue weighted by Crippen LogP contribution is 2.34. The molecule has 0 fully saturated rings. The Balaban J connectivity index is 2.30. The van der Waals surface area contributed by atoms with Crippen LogP contribution in [0.15, 0.2) is 36.4 Å². The second-order valence-corrected chi connectivity index (χ2v) is 4.17. The summed E-state index contributed by atoms with van der Waals surface area (Å²) in [6, 6.07) is 8.60. The highest BCUT2D eigenvalue weighted by Gasteiger charge is 2.07. The molecule has 0 unspecified atom stereocenters. The van der Waals surface area contributed by atoms with E-state index in [0.717, 1.165) is 0 Å². The summed E-state index contributed by atoms with van der Waals surface area (Å²) in [5.74, 6) is 0.516. The third-order valence-electron chi connectivity index (χ3n) is 2.09. The lowest BCUT2D eigenvalue weighted by atomic mass is 10.3. The van der Waals surface area contributed by atoms with Crippen LogP contribution in [0.25, 0.3) is 0 Å². The summed E-state index contributed by atoms with van der Waals surface area (Å²) < 4.78 is 18.2. The Kier molecular flexibility index (Phi) is 3.41. The van der Waals surface area contributed by atoms with Gasteiger partial charge < -0.3 is 10.5 Å². The first-order valence-electron chi connectivity index (χ1n) is 4.74. The summed E-state index contributed by atoms with van der Waals surface area (Å²) >= 11 is 11.6. The van der Waals surface area contributed by atoms with Gasteiger partial charge in [-0.15, -0.1) is 0 Å². The molecule has 0 bridgehead atoms. The normalized spacial score (nSPS) is 10.3. The van der Waals surface area contributed by atoms with Crippen molar-refractivity contribution in [3.05, 3.63) is 52.3 Å². The fourth-order valence-corrected chi connectivity index (χ4v) is 1.59. The summed E-state index contributed by atoms with van der Waals surface area (Å²) in [6.07, 6.45) is 0. The van der Waals surface area contributed by atoms with Gasteiger partial charge in [0.15, 0.2) is 5.75 Å². The number of hydrogen-bond donors (Lipinski definition) is 1. The van der Waals surface area contributed by atoms with Crippen molar-refractivity contribution in [2.24, 2.45) is 0 Å². The van der Waals surface area contributed by atoms with Crippen molar-refractivity contribution < 1.29 is 9.13 Å². The molecule has 0 aromatic heterocycles.